The number of ether oxygens (including phenoxy) is 2. The van der Waals surface area contributed by atoms with E-state index in [0.717, 1.165) is 25.6 Å². The molecule has 3 nitrogen and oxygen atoms in total. The van der Waals surface area contributed by atoms with E-state index in [2.05, 4.69) is 0 Å². The quantitative estimate of drug-likeness (QED) is 0.701. The Morgan fingerprint density at radius 1 is 1.29 bits per heavy atom. The predicted octanol–water partition coefficient (Wildman–Crippen LogP) is 1.31. The van der Waals surface area contributed by atoms with E-state index in [1.165, 1.54) is 19.3 Å². The van der Waals surface area contributed by atoms with Gasteiger partial charge in [0.25, 0.3) is 0 Å². The van der Waals surface area contributed by atoms with Gasteiger partial charge in [-0.2, -0.15) is 0 Å². The number of rotatable bonds is 6. The van der Waals surface area contributed by atoms with Crippen molar-refractivity contribution < 1.29 is 9.47 Å². The highest BCUT2D eigenvalue weighted by Crippen LogP contribution is 2.33. The summed E-state index contributed by atoms with van der Waals surface area (Å²) in [4.78, 5) is 0. The van der Waals surface area contributed by atoms with Gasteiger partial charge in [-0.15, -0.1) is 0 Å². The maximum Gasteiger partial charge on any atom is 0.0988 e. The van der Waals surface area contributed by atoms with Crippen molar-refractivity contribution >= 4 is 0 Å². The number of nitrogens with two attached hydrogens (primary N) is 1. The van der Waals surface area contributed by atoms with Crippen LogP contribution in [0.4, 0.5) is 0 Å². The molecule has 3 atom stereocenters. The molecule has 0 spiro atoms. The maximum absolute atomic E-state index is 5.84. The summed E-state index contributed by atoms with van der Waals surface area (Å²) in [5, 5.41) is 0. The Morgan fingerprint density at radius 2 is 2.07 bits per heavy atom. The molecule has 0 aromatic heterocycles. The van der Waals surface area contributed by atoms with Crippen molar-refractivity contribution in [2.75, 3.05) is 13.2 Å². The van der Waals surface area contributed by atoms with Crippen LogP contribution in [0.25, 0.3) is 0 Å². The van der Waals surface area contributed by atoms with Crippen molar-refractivity contribution in [1.82, 2.24) is 0 Å². The Hall–Kier alpha value is -0.120. The summed E-state index contributed by atoms with van der Waals surface area (Å²) in [5.41, 5.74) is 5.84. The van der Waals surface area contributed by atoms with E-state index in [4.69, 9.17) is 15.2 Å². The third-order valence-corrected chi connectivity index (χ3v) is 3.21. The lowest BCUT2D eigenvalue weighted by atomic mass is 9.86. The lowest BCUT2D eigenvalue weighted by Crippen LogP contribution is -2.58. The second-order valence-electron chi connectivity index (χ2n) is 4.46. The van der Waals surface area contributed by atoms with Crippen molar-refractivity contribution in [1.29, 1.82) is 0 Å². The van der Waals surface area contributed by atoms with Gasteiger partial charge in [-0.1, -0.05) is 12.8 Å². The van der Waals surface area contributed by atoms with E-state index in [-0.39, 0.29) is 18.2 Å². The molecular weight excluding hydrogens is 178 g/mol. The van der Waals surface area contributed by atoms with Crippen LogP contribution in [-0.2, 0) is 9.47 Å². The van der Waals surface area contributed by atoms with Gasteiger partial charge in [0, 0.05) is 19.3 Å². The zero-order valence-electron chi connectivity index (χ0n) is 8.95. The minimum atomic E-state index is 0.152. The monoisotopic (exact) mass is 199 g/mol. The SMILES string of the molecule is CCOC1C(N)CC1OCCC1CC1. The van der Waals surface area contributed by atoms with Gasteiger partial charge in [-0.3, -0.25) is 0 Å². The standard InChI is InChI=1S/C11H21NO2/c1-2-13-11-9(12)7-10(11)14-6-5-8-3-4-8/h8-11H,2-7,12H2,1H3. The summed E-state index contributed by atoms with van der Waals surface area (Å²) < 4.78 is 11.3. The Bertz CT molecular complexity index is 182. The lowest BCUT2D eigenvalue weighted by molar-refractivity contribution is -0.137. The molecule has 2 rings (SSSR count). The smallest absolute Gasteiger partial charge is 0.0988 e. The van der Waals surface area contributed by atoms with Gasteiger partial charge < -0.3 is 15.2 Å². The van der Waals surface area contributed by atoms with Crippen molar-refractivity contribution in [3.05, 3.63) is 0 Å². The molecule has 0 amide bonds. The van der Waals surface area contributed by atoms with Crippen LogP contribution in [0.2, 0.25) is 0 Å². The lowest BCUT2D eigenvalue weighted by Gasteiger charge is -2.41. The highest BCUT2D eigenvalue weighted by Gasteiger charge is 2.40. The topological polar surface area (TPSA) is 44.5 Å². The molecule has 14 heavy (non-hydrogen) atoms. The second kappa shape index (κ2) is 4.60. The fraction of sp³-hybridized carbons (Fsp3) is 1.00. The summed E-state index contributed by atoms with van der Waals surface area (Å²) in [6.07, 6.45) is 5.42. The Balaban J connectivity index is 1.59. The largest absolute Gasteiger partial charge is 0.375 e. The number of hydrogen-bond donors (Lipinski definition) is 1. The van der Waals surface area contributed by atoms with Crippen LogP contribution >= 0.6 is 0 Å². The van der Waals surface area contributed by atoms with E-state index in [9.17, 15) is 0 Å². The fourth-order valence-electron chi connectivity index (χ4n) is 2.00. The molecule has 2 aliphatic carbocycles. The van der Waals surface area contributed by atoms with Gasteiger partial charge in [0.2, 0.25) is 0 Å². The van der Waals surface area contributed by atoms with Gasteiger partial charge in [0.15, 0.2) is 0 Å². The zero-order valence-corrected chi connectivity index (χ0v) is 8.95. The second-order valence-corrected chi connectivity index (χ2v) is 4.46. The minimum Gasteiger partial charge on any atom is -0.375 e. The minimum absolute atomic E-state index is 0.152. The summed E-state index contributed by atoms with van der Waals surface area (Å²) in [5.74, 6) is 0.953. The first kappa shape index (κ1) is 10.4. The molecule has 3 unspecified atom stereocenters. The third-order valence-electron chi connectivity index (χ3n) is 3.21. The van der Waals surface area contributed by atoms with Gasteiger partial charge >= 0.3 is 0 Å². The number of hydrogen-bond acceptors (Lipinski definition) is 3. The first-order chi connectivity index (χ1) is 6.81. The van der Waals surface area contributed by atoms with Crippen LogP contribution in [0, 0.1) is 5.92 Å². The Labute approximate surface area is 85.9 Å². The Kier molecular flexibility index (Phi) is 3.42. The Morgan fingerprint density at radius 3 is 2.64 bits per heavy atom. The van der Waals surface area contributed by atoms with E-state index in [1.807, 2.05) is 6.92 Å². The molecule has 82 valence electrons. The predicted molar refractivity (Wildman–Crippen MR) is 55.1 cm³/mol. The molecule has 0 aromatic carbocycles. The summed E-state index contributed by atoms with van der Waals surface area (Å²) in [6, 6.07) is 0.195. The molecule has 3 heteroatoms. The van der Waals surface area contributed by atoms with E-state index < -0.39 is 0 Å². The molecule has 0 aliphatic heterocycles. The fourth-order valence-corrected chi connectivity index (χ4v) is 2.00. The van der Waals surface area contributed by atoms with Crippen molar-refractivity contribution in [2.24, 2.45) is 11.7 Å². The third kappa shape index (κ3) is 2.47. The highest BCUT2D eigenvalue weighted by molar-refractivity contribution is 4.95. The first-order valence-corrected chi connectivity index (χ1v) is 5.80. The molecule has 0 saturated heterocycles. The molecule has 2 N–H and O–H groups in total. The molecule has 2 aliphatic rings. The van der Waals surface area contributed by atoms with Crippen molar-refractivity contribution in [3.8, 4) is 0 Å². The van der Waals surface area contributed by atoms with Crippen LogP contribution in [0.1, 0.15) is 32.6 Å². The zero-order chi connectivity index (χ0) is 9.97. The average molecular weight is 199 g/mol. The molecule has 0 bridgehead atoms. The van der Waals surface area contributed by atoms with Gasteiger partial charge in [0.1, 0.15) is 0 Å². The molecule has 2 saturated carbocycles. The summed E-state index contributed by atoms with van der Waals surface area (Å²) >= 11 is 0. The summed E-state index contributed by atoms with van der Waals surface area (Å²) in [7, 11) is 0. The highest BCUT2D eigenvalue weighted by atomic mass is 16.5. The van der Waals surface area contributed by atoms with Crippen LogP contribution in [0.15, 0.2) is 0 Å². The molecular formula is C11H21NO2. The van der Waals surface area contributed by atoms with Crippen LogP contribution in [0.3, 0.4) is 0 Å². The van der Waals surface area contributed by atoms with E-state index in [1.54, 1.807) is 0 Å². The molecule has 2 fully saturated rings. The molecule has 0 aromatic rings. The van der Waals surface area contributed by atoms with Crippen molar-refractivity contribution in [2.45, 2.75) is 50.9 Å². The summed E-state index contributed by atoms with van der Waals surface area (Å²) in [6.45, 7) is 3.64. The maximum atomic E-state index is 5.84. The van der Waals surface area contributed by atoms with Crippen molar-refractivity contribution in [3.63, 3.8) is 0 Å². The van der Waals surface area contributed by atoms with Gasteiger partial charge in [-0.05, 0) is 25.7 Å². The average Bonchev–Trinajstić information content (AvgIpc) is 2.97. The first-order valence-electron chi connectivity index (χ1n) is 5.80. The molecule has 0 radical (unpaired) electrons. The molecule has 0 heterocycles. The van der Waals surface area contributed by atoms with Crippen LogP contribution < -0.4 is 5.73 Å². The van der Waals surface area contributed by atoms with E-state index >= 15 is 0 Å². The van der Waals surface area contributed by atoms with Crippen LogP contribution in [0.5, 0.6) is 0 Å². The van der Waals surface area contributed by atoms with Gasteiger partial charge in [-0.25, -0.2) is 0 Å². The van der Waals surface area contributed by atoms with Crippen LogP contribution in [-0.4, -0.2) is 31.5 Å². The van der Waals surface area contributed by atoms with Gasteiger partial charge in [0.05, 0.1) is 12.2 Å². The van der Waals surface area contributed by atoms with E-state index in [0.29, 0.717) is 0 Å². The normalized spacial score (nSPS) is 36.9.